The minimum absolute atomic E-state index is 0.110. The summed E-state index contributed by atoms with van der Waals surface area (Å²) in [4.78, 5) is 0. The zero-order chi connectivity index (χ0) is 14.1. The van der Waals surface area contributed by atoms with Gasteiger partial charge in [-0.15, -0.1) is 0 Å². The lowest BCUT2D eigenvalue weighted by atomic mass is 10.00. The highest BCUT2D eigenvalue weighted by Gasteiger charge is 2.19. The number of aromatic nitrogens is 2. The van der Waals surface area contributed by atoms with E-state index in [1.54, 1.807) is 6.20 Å². The minimum atomic E-state index is -0.110. The normalized spacial score (nSPS) is 12.8. The third-order valence-electron chi connectivity index (χ3n) is 3.48. The lowest BCUT2D eigenvalue weighted by Gasteiger charge is -2.18. The molecular weight excluding hydrogens is 316 g/mol. The molecule has 3 N–H and O–H groups in total. The van der Waals surface area contributed by atoms with E-state index in [0.717, 1.165) is 15.7 Å². The van der Waals surface area contributed by atoms with Gasteiger partial charge in [-0.1, -0.05) is 36.4 Å². The van der Waals surface area contributed by atoms with E-state index in [9.17, 15) is 0 Å². The van der Waals surface area contributed by atoms with Crippen LogP contribution in [0.4, 0.5) is 0 Å². The second-order valence-electron chi connectivity index (χ2n) is 4.71. The van der Waals surface area contributed by atoms with Crippen molar-refractivity contribution in [1.29, 1.82) is 0 Å². The van der Waals surface area contributed by atoms with Gasteiger partial charge in [-0.2, -0.15) is 5.10 Å². The summed E-state index contributed by atoms with van der Waals surface area (Å²) in [5, 5.41) is 6.66. The second kappa shape index (κ2) is 5.36. The predicted molar refractivity (Wildman–Crippen MR) is 84.0 cm³/mol. The first-order chi connectivity index (χ1) is 9.70. The van der Waals surface area contributed by atoms with E-state index in [2.05, 4.69) is 56.8 Å². The number of nitrogens with one attached hydrogen (secondary N) is 1. The van der Waals surface area contributed by atoms with Crippen LogP contribution in [-0.2, 0) is 7.05 Å². The van der Waals surface area contributed by atoms with Crippen molar-refractivity contribution in [2.24, 2.45) is 12.9 Å². The molecule has 5 heteroatoms. The van der Waals surface area contributed by atoms with Gasteiger partial charge in [0.1, 0.15) is 0 Å². The van der Waals surface area contributed by atoms with Gasteiger partial charge in [0, 0.05) is 7.05 Å². The summed E-state index contributed by atoms with van der Waals surface area (Å²) in [6.45, 7) is 0. The summed E-state index contributed by atoms with van der Waals surface area (Å²) in [7, 11) is 1.91. The fourth-order valence-electron chi connectivity index (χ4n) is 2.47. The van der Waals surface area contributed by atoms with Gasteiger partial charge in [-0.25, -0.2) is 5.43 Å². The molecule has 0 aliphatic rings. The van der Waals surface area contributed by atoms with Crippen molar-refractivity contribution in [3.63, 3.8) is 0 Å². The van der Waals surface area contributed by atoms with Gasteiger partial charge in [0.2, 0.25) is 0 Å². The summed E-state index contributed by atoms with van der Waals surface area (Å²) in [5.41, 5.74) is 4.99. The van der Waals surface area contributed by atoms with Crippen molar-refractivity contribution < 1.29 is 0 Å². The van der Waals surface area contributed by atoms with Crippen LogP contribution in [0.25, 0.3) is 10.8 Å². The zero-order valence-corrected chi connectivity index (χ0v) is 12.6. The molecule has 0 spiro atoms. The summed E-state index contributed by atoms with van der Waals surface area (Å²) < 4.78 is 2.76. The second-order valence-corrected chi connectivity index (χ2v) is 5.56. The van der Waals surface area contributed by atoms with Gasteiger partial charge >= 0.3 is 0 Å². The first kappa shape index (κ1) is 13.3. The fourth-order valence-corrected chi connectivity index (χ4v) is 3.04. The molecule has 0 fully saturated rings. The Labute approximate surface area is 125 Å². The SMILES string of the molecule is Cn1ncc(Br)c1C(NN)c1ccc2ccccc2c1. The van der Waals surface area contributed by atoms with Gasteiger partial charge in [0.25, 0.3) is 0 Å². The van der Waals surface area contributed by atoms with Crippen LogP contribution in [0.15, 0.2) is 53.1 Å². The Bertz CT molecular complexity index is 731. The summed E-state index contributed by atoms with van der Waals surface area (Å²) in [5.74, 6) is 5.77. The first-order valence-electron chi connectivity index (χ1n) is 6.33. The molecule has 0 aliphatic carbocycles. The first-order valence-corrected chi connectivity index (χ1v) is 7.12. The Balaban J connectivity index is 2.12. The van der Waals surface area contributed by atoms with Crippen LogP contribution in [0, 0.1) is 0 Å². The molecule has 1 atom stereocenters. The predicted octanol–water partition coefficient (Wildman–Crippen LogP) is 2.89. The highest BCUT2D eigenvalue weighted by molar-refractivity contribution is 9.10. The molecule has 4 nitrogen and oxygen atoms in total. The molecule has 1 unspecified atom stereocenters. The fraction of sp³-hybridized carbons (Fsp3) is 0.133. The summed E-state index contributed by atoms with van der Waals surface area (Å²) in [6, 6.07) is 14.5. The van der Waals surface area contributed by atoms with Crippen molar-refractivity contribution in [1.82, 2.24) is 15.2 Å². The Morgan fingerprint density at radius 3 is 2.60 bits per heavy atom. The maximum absolute atomic E-state index is 5.77. The van der Waals surface area contributed by atoms with Gasteiger partial charge < -0.3 is 0 Å². The van der Waals surface area contributed by atoms with Crippen molar-refractivity contribution >= 4 is 26.7 Å². The zero-order valence-electron chi connectivity index (χ0n) is 11.0. The van der Waals surface area contributed by atoms with E-state index in [1.807, 2.05) is 23.9 Å². The van der Waals surface area contributed by atoms with E-state index < -0.39 is 0 Å². The third kappa shape index (κ3) is 2.24. The molecule has 3 aromatic rings. The standard InChI is InChI=1S/C15H15BrN4/c1-20-15(13(16)9-18-20)14(19-17)12-7-6-10-4-2-3-5-11(10)8-12/h2-9,14,19H,17H2,1H3. The average molecular weight is 331 g/mol. The molecular formula is C15H15BrN4. The monoisotopic (exact) mass is 330 g/mol. The number of rotatable bonds is 3. The number of halogens is 1. The van der Waals surface area contributed by atoms with Gasteiger partial charge in [-0.05, 0) is 38.3 Å². The number of fused-ring (bicyclic) bond motifs is 1. The molecule has 0 aliphatic heterocycles. The molecule has 0 bridgehead atoms. The molecule has 0 saturated carbocycles. The van der Waals surface area contributed by atoms with E-state index >= 15 is 0 Å². The number of benzene rings is 2. The largest absolute Gasteiger partial charge is 0.271 e. The Morgan fingerprint density at radius 1 is 1.20 bits per heavy atom. The Hall–Kier alpha value is -1.69. The topological polar surface area (TPSA) is 55.9 Å². The van der Waals surface area contributed by atoms with Gasteiger partial charge in [0.15, 0.2) is 0 Å². The summed E-state index contributed by atoms with van der Waals surface area (Å²) >= 11 is 3.53. The number of hydrazine groups is 1. The van der Waals surface area contributed by atoms with Crippen molar-refractivity contribution in [2.45, 2.75) is 6.04 Å². The number of hydrogen-bond donors (Lipinski definition) is 2. The molecule has 0 saturated heterocycles. The van der Waals surface area contributed by atoms with Crippen molar-refractivity contribution in [2.75, 3.05) is 0 Å². The molecule has 3 rings (SSSR count). The molecule has 1 aromatic heterocycles. The highest BCUT2D eigenvalue weighted by Crippen LogP contribution is 2.29. The highest BCUT2D eigenvalue weighted by atomic mass is 79.9. The van der Waals surface area contributed by atoms with Crippen LogP contribution in [0.5, 0.6) is 0 Å². The maximum Gasteiger partial charge on any atom is 0.0889 e. The van der Waals surface area contributed by atoms with E-state index in [-0.39, 0.29) is 6.04 Å². The van der Waals surface area contributed by atoms with Crippen LogP contribution in [0.3, 0.4) is 0 Å². The maximum atomic E-state index is 5.77. The van der Waals surface area contributed by atoms with Crippen molar-refractivity contribution in [3.8, 4) is 0 Å². The van der Waals surface area contributed by atoms with E-state index in [4.69, 9.17) is 5.84 Å². The van der Waals surface area contributed by atoms with E-state index in [1.165, 1.54) is 10.8 Å². The lowest BCUT2D eigenvalue weighted by molar-refractivity contribution is 0.573. The number of nitrogens with zero attached hydrogens (tertiary/aromatic N) is 2. The van der Waals surface area contributed by atoms with Crippen LogP contribution in [0.2, 0.25) is 0 Å². The number of nitrogens with two attached hydrogens (primary N) is 1. The summed E-state index contributed by atoms with van der Waals surface area (Å²) in [6.07, 6.45) is 1.78. The molecule has 20 heavy (non-hydrogen) atoms. The molecule has 0 amide bonds. The lowest BCUT2D eigenvalue weighted by Crippen LogP contribution is -2.30. The molecule has 102 valence electrons. The third-order valence-corrected chi connectivity index (χ3v) is 4.10. The number of hydrogen-bond acceptors (Lipinski definition) is 3. The quantitative estimate of drug-likeness (QED) is 0.573. The number of aryl methyl sites for hydroxylation is 1. The minimum Gasteiger partial charge on any atom is -0.271 e. The van der Waals surface area contributed by atoms with Gasteiger partial charge in [0.05, 0.1) is 22.4 Å². The van der Waals surface area contributed by atoms with Crippen LogP contribution >= 0.6 is 15.9 Å². The van der Waals surface area contributed by atoms with E-state index in [0.29, 0.717) is 0 Å². The molecule has 0 radical (unpaired) electrons. The van der Waals surface area contributed by atoms with Crippen molar-refractivity contribution in [3.05, 3.63) is 64.4 Å². The average Bonchev–Trinajstić information content (AvgIpc) is 2.80. The Kier molecular flexibility index (Phi) is 3.56. The van der Waals surface area contributed by atoms with Crippen LogP contribution in [-0.4, -0.2) is 9.78 Å². The van der Waals surface area contributed by atoms with Crippen LogP contribution < -0.4 is 11.3 Å². The Morgan fingerprint density at radius 2 is 1.95 bits per heavy atom. The molecule has 2 aromatic carbocycles. The molecule has 1 heterocycles. The van der Waals surface area contributed by atoms with Gasteiger partial charge in [-0.3, -0.25) is 10.5 Å². The van der Waals surface area contributed by atoms with Crippen LogP contribution in [0.1, 0.15) is 17.3 Å². The smallest absolute Gasteiger partial charge is 0.0889 e.